The third-order valence-electron chi connectivity index (χ3n) is 4.44. The van der Waals surface area contributed by atoms with Crippen molar-refractivity contribution in [2.24, 2.45) is 0 Å². The highest BCUT2D eigenvalue weighted by Gasteiger charge is 2.35. The minimum Gasteiger partial charge on any atom is -0.487 e. The molecule has 0 fully saturated rings. The number of nitrogens with one attached hydrogen (secondary N) is 1. The molecule has 0 radical (unpaired) electrons. The summed E-state index contributed by atoms with van der Waals surface area (Å²) in [6.07, 6.45) is 0.743. The summed E-state index contributed by atoms with van der Waals surface area (Å²) < 4.78 is 6.11. The average Bonchev–Trinajstić information content (AvgIpc) is 2.55. The Labute approximate surface area is 164 Å². The molecule has 1 N–H and O–H groups in total. The number of carbonyl (C=O) groups is 1. The van der Waals surface area contributed by atoms with Crippen molar-refractivity contribution < 1.29 is 9.53 Å². The van der Waals surface area contributed by atoms with Crippen LogP contribution in [-0.2, 0) is 4.79 Å². The van der Waals surface area contributed by atoms with Gasteiger partial charge in [-0.1, -0.05) is 23.7 Å². The number of aryl methyl sites for hydroxylation is 1. The van der Waals surface area contributed by atoms with E-state index in [0.29, 0.717) is 5.02 Å². The third kappa shape index (κ3) is 4.54. The number of hydrogen-bond acceptors (Lipinski definition) is 3. The normalized spacial score (nSPS) is 19.2. The number of benzene rings is 2. The van der Waals surface area contributed by atoms with E-state index in [1.54, 1.807) is 0 Å². The lowest BCUT2D eigenvalue weighted by Crippen LogP contribution is -2.43. The second-order valence-electron chi connectivity index (χ2n) is 7.38. The van der Waals surface area contributed by atoms with Crippen LogP contribution in [0.2, 0.25) is 5.02 Å². The Bertz CT molecular complexity index is 804. The Morgan fingerprint density at radius 2 is 1.96 bits per heavy atom. The molecule has 3 rings (SSSR count). The molecule has 1 amide bonds. The second-order valence-corrected chi connectivity index (χ2v) is 9.23. The Balaban J connectivity index is 1.73. The van der Waals surface area contributed by atoms with Crippen LogP contribution in [-0.4, -0.2) is 16.8 Å². The third-order valence-corrected chi connectivity index (χ3v) is 5.80. The van der Waals surface area contributed by atoms with E-state index in [2.05, 4.69) is 31.3 Å². The van der Waals surface area contributed by atoms with Gasteiger partial charge in [0.1, 0.15) is 11.4 Å². The summed E-state index contributed by atoms with van der Waals surface area (Å²) >= 11 is 7.46. The van der Waals surface area contributed by atoms with Gasteiger partial charge in [-0.2, -0.15) is 0 Å². The van der Waals surface area contributed by atoms with Crippen LogP contribution >= 0.6 is 23.4 Å². The van der Waals surface area contributed by atoms with Crippen molar-refractivity contribution in [1.29, 1.82) is 0 Å². The number of amides is 1. The van der Waals surface area contributed by atoms with Gasteiger partial charge in [-0.15, -0.1) is 11.8 Å². The fourth-order valence-electron chi connectivity index (χ4n) is 3.15. The van der Waals surface area contributed by atoms with Crippen LogP contribution in [0.4, 0.5) is 0 Å². The number of halogens is 1. The van der Waals surface area contributed by atoms with Gasteiger partial charge in [-0.05, 0) is 63.6 Å². The van der Waals surface area contributed by atoms with Crippen molar-refractivity contribution in [3.63, 3.8) is 0 Å². The molecule has 1 heterocycles. The number of fused-ring (bicyclic) bond motifs is 1. The van der Waals surface area contributed by atoms with Gasteiger partial charge in [-0.3, -0.25) is 4.79 Å². The molecule has 0 aromatic heterocycles. The van der Waals surface area contributed by atoms with Crippen LogP contribution in [0.3, 0.4) is 0 Å². The summed E-state index contributed by atoms with van der Waals surface area (Å²) in [6.45, 7) is 8.09. The Morgan fingerprint density at radius 3 is 2.65 bits per heavy atom. The van der Waals surface area contributed by atoms with E-state index in [4.69, 9.17) is 16.3 Å². The summed E-state index contributed by atoms with van der Waals surface area (Å²) in [4.78, 5) is 13.8. The smallest absolute Gasteiger partial charge is 0.233 e. The molecule has 5 heteroatoms. The molecule has 3 nitrogen and oxygen atoms in total. The van der Waals surface area contributed by atoms with Crippen LogP contribution in [0, 0.1) is 6.92 Å². The Hall–Kier alpha value is -1.65. The Kier molecular flexibility index (Phi) is 5.54. The van der Waals surface area contributed by atoms with Crippen molar-refractivity contribution in [1.82, 2.24) is 5.32 Å². The number of ether oxygens (including phenoxy) is 1. The average molecular weight is 390 g/mol. The molecule has 26 heavy (non-hydrogen) atoms. The lowest BCUT2D eigenvalue weighted by molar-refractivity contribution is -0.121. The topological polar surface area (TPSA) is 38.3 Å². The van der Waals surface area contributed by atoms with Crippen LogP contribution in [0.25, 0.3) is 0 Å². The number of thioether (sulfide) groups is 1. The SMILES string of the molecule is Cc1ccc2c(c1)OC(C)(C)C[C@@H]2NC(=O)[C@@H](C)Sc1ccc(Cl)cc1. The largest absolute Gasteiger partial charge is 0.487 e. The van der Waals surface area contributed by atoms with Gasteiger partial charge in [0.15, 0.2) is 0 Å². The molecule has 0 unspecified atom stereocenters. The van der Waals surface area contributed by atoms with E-state index in [1.807, 2.05) is 44.2 Å². The molecule has 2 aromatic carbocycles. The van der Waals surface area contributed by atoms with Gasteiger partial charge >= 0.3 is 0 Å². The van der Waals surface area contributed by atoms with E-state index in [9.17, 15) is 4.79 Å². The van der Waals surface area contributed by atoms with Gasteiger partial charge in [0.25, 0.3) is 0 Å². The fraction of sp³-hybridized carbons (Fsp3) is 0.381. The molecule has 2 atom stereocenters. The first-order valence-electron chi connectivity index (χ1n) is 8.76. The number of carbonyl (C=O) groups excluding carboxylic acids is 1. The lowest BCUT2D eigenvalue weighted by Gasteiger charge is -2.38. The Morgan fingerprint density at radius 1 is 1.27 bits per heavy atom. The second kappa shape index (κ2) is 7.53. The van der Waals surface area contributed by atoms with Crippen molar-refractivity contribution in [3.8, 4) is 5.75 Å². The van der Waals surface area contributed by atoms with Gasteiger partial charge in [0.2, 0.25) is 5.91 Å². The van der Waals surface area contributed by atoms with Gasteiger partial charge < -0.3 is 10.1 Å². The molecule has 0 spiro atoms. The van der Waals surface area contributed by atoms with Gasteiger partial charge in [0.05, 0.1) is 11.3 Å². The molecule has 0 aliphatic carbocycles. The van der Waals surface area contributed by atoms with E-state index in [-0.39, 0.29) is 22.8 Å². The predicted octanol–water partition coefficient (Wildman–Crippen LogP) is 5.55. The zero-order valence-corrected chi connectivity index (χ0v) is 17.1. The van der Waals surface area contributed by atoms with Crippen molar-refractivity contribution in [2.45, 2.75) is 55.9 Å². The van der Waals surface area contributed by atoms with Crippen molar-refractivity contribution in [2.75, 3.05) is 0 Å². The van der Waals surface area contributed by atoms with Crippen molar-refractivity contribution >= 4 is 29.3 Å². The maximum atomic E-state index is 12.8. The molecular formula is C21H24ClNO2S. The fourth-order valence-corrected chi connectivity index (χ4v) is 4.15. The monoisotopic (exact) mass is 389 g/mol. The van der Waals surface area contributed by atoms with Crippen molar-refractivity contribution in [3.05, 3.63) is 58.6 Å². The van der Waals surface area contributed by atoms with Crippen LogP contribution in [0.5, 0.6) is 5.75 Å². The highest BCUT2D eigenvalue weighted by Crippen LogP contribution is 2.40. The minimum absolute atomic E-state index is 0.0270. The quantitative estimate of drug-likeness (QED) is 0.697. The van der Waals surface area contributed by atoms with Crippen LogP contribution < -0.4 is 10.1 Å². The first-order chi connectivity index (χ1) is 12.2. The van der Waals surface area contributed by atoms with E-state index in [1.165, 1.54) is 11.8 Å². The van der Waals surface area contributed by atoms with Crippen LogP contribution in [0.15, 0.2) is 47.4 Å². The lowest BCUT2D eigenvalue weighted by atomic mass is 9.89. The summed E-state index contributed by atoms with van der Waals surface area (Å²) in [6, 6.07) is 13.7. The van der Waals surface area contributed by atoms with E-state index >= 15 is 0 Å². The maximum Gasteiger partial charge on any atom is 0.233 e. The predicted molar refractivity (Wildman–Crippen MR) is 108 cm³/mol. The first-order valence-corrected chi connectivity index (χ1v) is 10.0. The number of hydrogen-bond donors (Lipinski definition) is 1. The summed E-state index contributed by atoms with van der Waals surface area (Å²) in [7, 11) is 0. The maximum absolute atomic E-state index is 12.8. The summed E-state index contributed by atoms with van der Waals surface area (Å²) in [5.74, 6) is 0.892. The molecule has 1 aliphatic rings. The zero-order chi connectivity index (χ0) is 18.9. The van der Waals surface area contributed by atoms with E-state index < -0.39 is 0 Å². The minimum atomic E-state index is -0.314. The standard InChI is InChI=1S/C21H24ClNO2S/c1-13-5-10-17-18(12-21(3,4)25-19(17)11-13)23-20(24)14(2)26-16-8-6-15(22)7-9-16/h5-11,14,18H,12H2,1-4H3,(H,23,24)/t14-,18+/m1/s1. The van der Waals surface area contributed by atoms with Crippen LogP contribution in [0.1, 0.15) is 44.4 Å². The zero-order valence-electron chi connectivity index (χ0n) is 15.5. The molecule has 0 bridgehead atoms. The highest BCUT2D eigenvalue weighted by atomic mass is 35.5. The molecular weight excluding hydrogens is 366 g/mol. The molecule has 2 aromatic rings. The molecule has 0 saturated heterocycles. The molecule has 138 valence electrons. The first kappa shape index (κ1) is 19.1. The highest BCUT2D eigenvalue weighted by molar-refractivity contribution is 8.00. The summed E-state index contributed by atoms with van der Waals surface area (Å²) in [5.41, 5.74) is 1.89. The molecule has 1 aliphatic heterocycles. The summed E-state index contributed by atoms with van der Waals surface area (Å²) in [5, 5.41) is 3.71. The van der Waals surface area contributed by atoms with Gasteiger partial charge in [-0.25, -0.2) is 0 Å². The number of rotatable bonds is 4. The molecule has 0 saturated carbocycles. The van der Waals surface area contributed by atoms with E-state index in [0.717, 1.165) is 28.2 Å². The van der Waals surface area contributed by atoms with Gasteiger partial charge in [0, 0.05) is 21.9 Å².